The SMILES string of the molecule is CC.CC12CCC3c4ccc(O)cc4CCC3C1C(O)C(O)C2O. The van der Waals surface area contributed by atoms with E-state index in [1.807, 2.05) is 32.9 Å². The Labute approximate surface area is 144 Å². The van der Waals surface area contributed by atoms with E-state index in [0.29, 0.717) is 11.7 Å². The van der Waals surface area contributed by atoms with E-state index >= 15 is 0 Å². The van der Waals surface area contributed by atoms with Crippen LogP contribution in [0.4, 0.5) is 0 Å². The molecule has 1 aromatic rings. The summed E-state index contributed by atoms with van der Waals surface area (Å²) in [7, 11) is 0. The van der Waals surface area contributed by atoms with Gasteiger partial charge in [-0.15, -0.1) is 0 Å². The predicted octanol–water partition coefficient (Wildman–Crippen LogP) is 2.58. The Bertz CT molecular complexity index is 601. The molecule has 0 saturated heterocycles. The van der Waals surface area contributed by atoms with Gasteiger partial charge in [0.05, 0.1) is 12.2 Å². The lowest BCUT2D eigenvalue weighted by Crippen LogP contribution is -2.46. The highest BCUT2D eigenvalue weighted by atomic mass is 16.4. The predicted molar refractivity (Wildman–Crippen MR) is 92.9 cm³/mol. The lowest BCUT2D eigenvalue weighted by molar-refractivity contribution is -0.0505. The van der Waals surface area contributed by atoms with E-state index in [1.165, 1.54) is 11.1 Å². The molecule has 0 heterocycles. The Hall–Kier alpha value is -1.10. The molecule has 4 nitrogen and oxygen atoms in total. The van der Waals surface area contributed by atoms with Crippen LogP contribution in [0.3, 0.4) is 0 Å². The molecule has 1 aromatic carbocycles. The molecule has 2 saturated carbocycles. The molecule has 4 N–H and O–H groups in total. The number of aryl methyl sites for hydroxylation is 1. The van der Waals surface area contributed by atoms with Crippen LogP contribution in [0.1, 0.15) is 57.1 Å². The smallest absolute Gasteiger partial charge is 0.115 e. The van der Waals surface area contributed by atoms with Gasteiger partial charge in [-0.25, -0.2) is 0 Å². The van der Waals surface area contributed by atoms with Crippen LogP contribution >= 0.6 is 0 Å². The van der Waals surface area contributed by atoms with Crippen molar-refractivity contribution in [2.45, 2.75) is 70.7 Å². The number of hydrogen-bond acceptors (Lipinski definition) is 4. The number of benzene rings is 1. The Balaban J connectivity index is 0.000000815. The van der Waals surface area contributed by atoms with Gasteiger partial charge in [-0.2, -0.15) is 0 Å². The molecule has 0 bridgehead atoms. The fourth-order valence-electron chi connectivity index (χ4n) is 5.62. The first-order valence-corrected chi connectivity index (χ1v) is 9.29. The molecular formula is C20H30O4. The average molecular weight is 334 g/mol. The van der Waals surface area contributed by atoms with Crippen molar-refractivity contribution in [2.75, 3.05) is 0 Å². The average Bonchev–Trinajstić information content (AvgIpc) is 2.77. The van der Waals surface area contributed by atoms with E-state index in [9.17, 15) is 20.4 Å². The molecule has 7 unspecified atom stereocenters. The molecular weight excluding hydrogens is 304 g/mol. The highest BCUT2D eigenvalue weighted by molar-refractivity contribution is 5.40. The number of aromatic hydroxyl groups is 1. The van der Waals surface area contributed by atoms with E-state index in [-0.39, 0.29) is 11.8 Å². The molecule has 7 atom stereocenters. The van der Waals surface area contributed by atoms with Crippen molar-refractivity contribution >= 4 is 0 Å². The first kappa shape index (κ1) is 17.7. The lowest BCUT2D eigenvalue weighted by atomic mass is 9.55. The lowest BCUT2D eigenvalue weighted by Gasteiger charge is -2.50. The topological polar surface area (TPSA) is 80.9 Å². The zero-order valence-corrected chi connectivity index (χ0v) is 14.8. The zero-order chi connectivity index (χ0) is 17.6. The maximum Gasteiger partial charge on any atom is 0.115 e. The summed E-state index contributed by atoms with van der Waals surface area (Å²) < 4.78 is 0. The van der Waals surface area contributed by atoms with E-state index in [0.717, 1.165) is 25.7 Å². The van der Waals surface area contributed by atoms with Crippen LogP contribution in [-0.4, -0.2) is 38.7 Å². The van der Waals surface area contributed by atoms with Crippen molar-refractivity contribution < 1.29 is 20.4 Å². The fourth-order valence-corrected chi connectivity index (χ4v) is 5.62. The van der Waals surface area contributed by atoms with Gasteiger partial charge in [-0.3, -0.25) is 0 Å². The zero-order valence-electron chi connectivity index (χ0n) is 14.8. The standard InChI is InChI=1S/C18H24O4.C2H6/c1-18-7-6-12-11-5-3-10(19)8-9(11)2-4-13(12)14(18)15(20)16(21)17(18)22;1-2/h3,5,8,12-17,19-22H,2,4,6-7H2,1H3;1-2H3. The fraction of sp³-hybridized carbons (Fsp3) is 0.700. The summed E-state index contributed by atoms with van der Waals surface area (Å²) in [4.78, 5) is 0. The van der Waals surface area contributed by atoms with Gasteiger partial charge in [0.1, 0.15) is 11.9 Å². The molecule has 3 aliphatic carbocycles. The van der Waals surface area contributed by atoms with Gasteiger partial charge in [-0.05, 0) is 66.7 Å². The van der Waals surface area contributed by atoms with Gasteiger partial charge in [0.25, 0.3) is 0 Å². The summed E-state index contributed by atoms with van der Waals surface area (Å²) in [6.45, 7) is 6.02. The molecule has 0 aliphatic heterocycles. The molecule has 4 rings (SSSR count). The van der Waals surface area contributed by atoms with Crippen molar-refractivity contribution in [3.63, 3.8) is 0 Å². The summed E-state index contributed by atoms with van der Waals surface area (Å²) in [5, 5.41) is 40.7. The van der Waals surface area contributed by atoms with Crippen molar-refractivity contribution in [2.24, 2.45) is 17.3 Å². The molecule has 134 valence electrons. The second-order valence-corrected chi connectivity index (χ2v) is 7.69. The van der Waals surface area contributed by atoms with Crippen LogP contribution in [0.5, 0.6) is 5.75 Å². The summed E-state index contributed by atoms with van der Waals surface area (Å²) in [6, 6.07) is 5.61. The Morgan fingerprint density at radius 3 is 2.46 bits per heavy atom. The molecule has 0 spiro atoms. The number of hydrogen-bond donors (Lipinski definition) is 4. The first-order valence-electron chi connectivity index (χ1n) is 9.29. The number of phenolic OH excluding ortho intramolecular Hbond substituents is 1. The monoisotopic (exact) mass is 334 g/mol. The van der Waals surface area contributed by atoms with Gasteiger partial charge >= 0.3 is 0 Å². The molecule has 3 aliphatic rings. The normalized spacial score (nSPS) is 43.1. The maximum atomic E-state index is 10.5. The highest BCUT2D eigenvalue weighted by Crippen LogP contribution is 2.60. The van der Waals surface area contributed by atoms with Crippen LogP contribution in [0, 0.1) is 17.3 Å². The molecule has 0 radical (unpaired) electrons. The number of aliphatic hydroxyl groups excluding tert-OH is 3. The minimum atomic E-state index is -1.03. The largest absolute Gasteiger partial charge is 0.508 e. The van der Waals surface area contributed by atoms with Crippen LogP contribution in [-0.2, 0) is 6.42 Å². The van der Waals surface area contributed by atoms with Gasteiger partial charge < -0.3 is 20.4 Å². The summed E-state index contributed by atoms with van der Waals surface area (Å²) in [5.41, 5.74) is 2.09. The third kappa shape index (κ3) is 2.39. The number of fused-ring (bicyclic) bond motifs is 5. The van der Waals surface area contributed by atoms with Gasteiger partial charge in [0, 0.05) is 5.41 Å². The van der Waals surface area contributed by atoms with Crippen molar-refractivity contribution in [3.8, 4) is 5.75 Å². The van der Waals surface area contributed by atoms with E-state index in [2.05, 4.69) is 0 Å². The summed E-state index contributed by atoms with van der Waals surface area (Å²) in [5.74, 6) is 0.898. The van der Waals surface area contributed by atoms with E-state index in [1.54, 1.807) is 6.07 Å². The van der Waals surface area contributed by atoms with Crippen LogP contribution in [0.15, 0.2) is 18.2 Å². The summed E-state index contributed by atoms with van der Waals surface area (Å²) >= 11 is 0. The number of phenols is 1. The Morgan fingerprint density at radius 2 is 1.75 bits per heavy atom. The third-order valence-electron chi connectivity index (χ3n) is 6.72. The van der Waals surface area contributed by atoms with Gasteiger partial charge in [-0.1, -0.05) is 26.8 Å². The Morgan fingerprint density at radius 1 is 1.04 bits per heavy atom. The Kier molecular flexibility index (Phi) is 4.67. The molecule has 0 aromatic heterocycles. The maximum absolute atomic E-state index is 10.5. The van der Waals surface area contributed by atoms with Gasteiger partial charge in [0.15, 0.2) is 0 Å². The number of rotatable bonds is 0. The second-order valence-electron chi connectivity index (χ2n) is 7.69. The quantitative estimate of drug-likeness (QED) is 0.588. The van der Waals surface area contributed by atoms with E-state index in [4.69, 9.17) is 0 Å². The van der Waals surface area contributed by atoms with E-state index < -0.39 is 23.7 Å². The van der Waals surface area contributed by atoms with Crippen molar-refractivity contribution in [1.29, 1.82) is 0 Å². The number of aliphatic hydroxyl groups is 3. The first-order chi connectivity index (χ1) is 11.4. The molecule has 4 heteroatoms. The van der Waals surface area contributed by atoms with Crippen molar-refractivity contribution in [3.05, 3.63) is 29.3 Å². The highest BCUT2D eigenvalue weighted by Gasteiger charge is 2.62. The molecule has 24 heavy (non-hydrogen) atoms. The molecule has 0 amide bonds. The van der Waals surface area contributed by atoms with Crippen LogP contribution in [0.25, 0.3) is 0 Å². The van der Waals surface area contributed by atoms with Crippen molar-refractivity contribution in [1.82, 2.24) is 0 Å². The second kappa shape index (κ2) is 6.32. The van der Waals surface area contributed by atoms with Gasteiger partial charge in [0.2, 0.25) is 0 Å². The minimum Gasteiger partial charge on any atom is -0.508 e. The van der Waals surface area contributed by atoms with Crippen LogP contribution in [0.2, 0.25) is 0 Å². The van der Waals surface area contributed by atoms with Crippen LogP contribution < -0.4 is 0 Å². The third-order valence-corrected chi connectivity index (χ3v) is 6.72. The molecule has 2 fully saturated rings. The summed E-state index contributed by atoms with van der Waals surface area (Å²) in [6.07, 6.45) is 0.894. The minimum absolute atomic E-state index is 0.0572.